The average molecular weight is 359 g/mol. The summed E-state index contributed by atoms with van der Waals surface area (Å²) >= 11 is 0. The highest BCUT2D eigenvalue weighted by Gasteiger charge is 2.27. The van der Waals surface area contributed by atoms with Gasteiger partial charge in [-0.25, -0.2) is 4.98 Å². The number of amides is 1. The first-order valence-electron chi connectivity index (χ1n) is 8.87. The van der Waals surface area contributed by atoms with Crippen molar-refractivity contribution in [3.63, 3.8) is 0 Å². The molecule has 134 valence electrons. The van der Waals surface area contributed by atoms with Crippen molar-refractivity contribution in [1.29, 1.82) is 5.26 Å². The van der Waals surface area contributed by atoms with Gasteiger partial charge in [-0.3, -0.25) is 9.59 Å². The lowest BCUT2D eigenvalue weighted by Gasteiger charge is -2.26. The normalized spacial score (nSPS) is 15.5. The van der Waals surface area contributed by atoms with Gasteiger partial charge in [-0.15, -0.1) is 0 Å². The molecule has 27 heavy (non-hydrogen) atoms. The molecule has 1 aromatic heterocycles. The second kappa shape index (κ2) is 7.04. The molecule has 1 saturated heterocycles. The highest BCUT2D eigenvalue weighted by Crippen LogP contribution is 2.26. The predicted octanol–water partition coefficient (Wildman–Crippen LogP) is 3.83. The smallest absolute Gasteiger partial charge is 0.226 e. The molecule has 0 N–H and O–H groups in total. The molecular formula is C21H17N3O3. The van der Waals surface area contributed by atoms with E-state index < -0.39 is 5.92 Å². The topological polar surface area (TPSA) is 87.2 Å². The first-order chi connectivity index (χ1) is 13.2. The minimum absolute atomic E-state index is 0.0963. The zero-order valence-corrected chi connectivity index (χ0v) is 14.6. The lowest BCUT2D eigenvalue weighted by atomic mass is 9.98. The summed E-state index contributed by atoms with van der Waals surface area (Å²) in [6.45, 7) is 0.690. The number of anilines is 1. The lowest BCUT2D eigenvalue weighted by Crippen LogP contribution is -2.35. The number of carbonyl (C=O) groups is 2. The summed E-state index contributed by atoms with van der Waals surface area (Å²) in [7, 11) is 0. The highest BCUT2D eigenvalue weighted by atomic mass is 16.3. The van der Waals surface area contributed by atoms with Gasteiger partial charge >= 0.3 is 0 Å². The Morgan fingerprint density at radius 3 is 2.63 bits per heavy atom. The largest absolute Gasteiger partial charge is 0.439 e. The lowest BCUT2D eigenvalue weighted by molar-refractivity contribution is -0.119. The Balaban J connectivity index is 1.59. The fourth-order valence-corrected chi connectivity index (χ4v) is 3.29. The number of hydrogen-bond donors (Lipinski definition) is 0. The van der Waals surface area contributed by atoms with Gasteiger partial charge in [-0.1, -0.05) is 12.1 Å². The monoisotopic (exact) mass is 359 g/mol. The first-order valence-corrected chi connectivity index (χ1v) is 8.87. The molecule has 1 aliphatic heterocycles. The van der Waals surface area contributed by atoms with Crippen LogP contribution in [0.3, 0.4) is 0 Å². The Hall–Kier alpha value is -3.46. The summed E-state index contributed by atoms with van der Waals surface area (Å²) in [4.78, 5) is 30.8. The standard InChI is InChI=1S/C21H17N3O3/c22-13-16(21-23-17-5-1-2-6-18(17)27-21)20(26)14-8-10-15(11-9-14)24-12-4-3-7-19(24)25/h1-2,5-6,8-11,16H,3-4,7,12H2/t16-/m0/s1. The molecule has 3 aromatic rings. The number of para-hydroxylation sites is 2. The van der Waals surface area contributed by atoms with Crippen LogP contribution in [-0.4, -0.2) is 23.2 Å². The van der Waals surface area contributed by atoms with Crippen LogP contribution in [-0.2, 0) is 4.79 Å². The van der Waals surface area contributed by atoms with Crippen LogP contribution in [0.4, 0.5) is 5.69 Å². The van der Waals surface area contributed by atoms with Gasteiger partial charge in [0.05, 0.1) is 6.07 Å². The van der Waals surface area contributed by atoms with Gasteiger partial charge in [0.15, 0.2) is 17.3 Å². The van der Waals surface area contributed by atoms with Gasteiger partial charge < -0.3 is 9.32 Å². The van der Waals surface area contributed by atoms with Crippen molar-refractivity contribution < 1.29 is 14.0 Å². The molecule has 0 radical (unpaired) electrons. The number of ketones is 1. The summed E-state index contributed by atoms with van der Waals surface area (Å²) in [5.74, 6) is -1.29. The summed E-state index contributed by atoms with van der Waals surface area (Å²) in [5, 5.41) is 9.51. The van der Waals surface area contributed by atoms with E-state index in [4.69, 9.17) is 4.42 Å². The van der Waals surface area contributed by atoms with E-state index in [1.54, 1.807) is 47.4 Å². The van der Waals surface area contributed by atoms with Crippen LogP contribution < -0.4 is 4.90 Å². The van der Waals surface area contributed by atoms with Crippen LogP contribution in [0.2, 0.25) is 0 Å². The predicted molar refractivity (Wildman–Crippen MR) is 99.3 cm³/mol. The minimum atomic E-state index is -1.11. The van der Waals surface area contributed by atoms with E-state index in [1.807, 2.05) is 12.1 Å². The average Bonchev–Trinajstić information content (AvgIpc) is 3.13. The molecule has 0 saturated carbocycles. The number of nitriles is 1. The Morgan fingerprint density at radius 2 is 1.93 bits per heavy atom. The number of fused-ring (bicyclic) bond motifs is 1. The van der Waals surface area contributed by atoms with E-state index in [2.05, 4.69) is 4.98 Å². The Kier molecular flexibility index (Phi) is 4.43. The number of Topliss-reactive ketones (excluding diaryl/α,β-unsaturated/α-hetero) is 1. The van der Waals surface area contributed by atoms with Crippen molar-refractivity contribution in [2.75, 3.05) is 11.4 Å². The second-order valence-corrected chi connectivity index (χ2v) is 6.50. The van der Waals surface area contributed by atoms with Gasteiger partial charge in [0.1, 0.15) is 5.52 Å². The highest BCUT2D eigenvalue weighted by molar-refractivity contribution is 6.03. The zero-order valence-electron chi connectivity index (χ0n) is 14.6. The summed E-state index contributed by atoms with van der Waals surface area (Å²) in [5.41, 5.74) is 2.31. The summed E-state index contributed by atoms with van der Waals surface area (Å²) in [6.07, 6.45) is 2.44. The van der Waals surface area contributed by atoms with Crippen molar-refractivity contribution in [3.8, 4) is 6.07 Å². The summed E-state index contributed by atoms with van der Waals surface area (Å²) < 4.78 is 5.59. The molecule has 0 unspecified atom stereocenters. The molecule has 0 aliphatic carbocycles. The molecule has 2 heterocycles. The van der Waals surface area contributed by atoms with Crippen LogP contribution in [0, 0.1) is 11.3 Å². The molecule has 2 aromatic carbocycles. The van der Waals surface area contributed by atoms with Crippen molar-refractivity contribution in [3.05, 3.63) is 60.0 Å². The van der Waals surface area contributed by atoms with Gasteiger partial charge in [-0.05, 0) is 49.2 Å². The number of hydrogen-bond acceptors (Lipinski definition) is 5. The van der Waals surface area contributed by atoms with Gasteiger partial charge in [0, 0.05) is 24.2 Å². The SMILES string of the molecule is N#C[C@@H](C(=O)c1ccc(N2CCCCC2=O)cc1)c1nc2ccccc2o1. The number of aromatic nitrogens is 1. The molecule has 0 spiro atoms. The number of carbonyl (C=O) groups excluding carboxylic acids is 2. The molecule has 1 fully saturated rings. The van der Waals surface area contributed by atoms with Gasteiger partial charge in [0.2, 0.25) is 11.8 Å². The van der Waals surface area contributed by atoms with Crippen LogP contribution in [0.5, 0.6) is 0 Å². The Labute approximate surface area is 156 Å². The van der Waals surface area contributed by atoms with E-state index in [9.17, 15) is 14.9 Å². The number of rotatable bonds is 4. The van der Waals surface area contributed by atoms with Gasteiger partial charge in [0.25, 0.3) is 0 Å². The van der Waals surface area contributed by atoms with E-state index in [0.29, 0.717) is 29.6 Å². The Morgan fingerprint density at radius 1 is 1.15 bits per heavy atom. The summed E-state index contributed by atoms with van der Waals surface area (Å²) in [6, 6.07) is 15.9. The number of nitrogens with zero attached hydrogens (tertiary/aromatic N) is 3. The molecule has 6 nitrogen and oxygen atoms in total. The van der Waals surface area contributed by atoms with Crippen molar-refractivity contribution >= 4 is 28.5 Å². The molecular weight excluding hydrogens is 342 g/mol. The molecule has 1 amide bonds. The first kappa shape index (κ1) is 17.0. The van der Waals surface area contributed by atoms with Crippen LogP contribution in [0.25, 0.3) is 11.1 Å². The second-order valence-electron chi connectivity index (χ2n) is 6.50. The Bertz CT molecular complexity index is 1010. The van der Waals surface area contributed by atoms with Crippen molar-refractivity contribution in [2.45, 2.75) is 25.2 Å². The maximum Gasteiger partial charge on any atom is 0.226 e. The number of oxazole rings is 1. The number of benzene rings is 2. The van der Waals surface area contributed by atoms with Gasteiger partial charge in [-0.2, -0.15) is 5.26 Å². The fourth-order valence-electron chi connectivity index (χ4n) is 3.29. The maximum absolute atomic E-state index is 12.8. The third-order valence-corrected chi connectivity index (χ3v) is 4.74. The van der Waals surface area contributed by atoms with E-state index >= 15 is 0 Å². The van der Waals surface area contributed by atoms with Crippen molar-refractivity contribution in [1.82, 2.24) is 4.98 Å². The number of piperidine rings is 1. The minimum Gasteiger partial charge on any atom is -0.439 e. The van der Waals surface area contributed by atoms with E-state index in [1.165, 1.54) is 0 Å². The maximum atomic E-state index is 12.8. The molecule has 1 atom stereocenters. The molecule has 4 rings (SSSR count). The quantitative estimate of drug-likeness (QED) is 0.661. The molecule has 6 heteroatoms. The van der Waals surface area contributed by atoms with Crippen LogP contribution in [0.1, 0.15) is 41.4 Å². The van der Waals surface area contributed by atoms with E-state index in [-0.39, 0.29) is 17.6 Å². The fraction of sp³-hybridized carbons (Fsp3) is 0.238. The third kappa shape index (κ3) is 3.20. The van der Waals surface area contributed by atoms with Crippen LogP contribution in [0.15, 0.2) is 52.9 Å². The van der Waals surface area contributed by atoms with E-state index in [0.717, 1.165) is 18.5 Å². The van der Waals surface area contributed by atoms with Crippen molar-refractivity contribution in [2.24, 2.45) is 0 Å². The third-order valence-electron chi connectivity index (χ3n) is 4.74. The van der Waals surface area contributed by atoms with Crippen LogP contribution >= 0.6 is 0 Å². The molecule has 1 aliphatic rings. The zero-order chi connectivity index (χ0) is 18.8. The molecule has 0 bridgehead atoms.